The molecule has 10 rings (SSSR count). The van der Waals surface area contributed by atoms with Crippen molar-refractivity contribution in [2.75, 3.05) is 0 Å². The Labute approximate surface area is 288 Å². The minimum Gasteiger partial charge on any atom is -0.0615 e. The minimum atomic E-state index is 0.258. The van der Waals surface area contributed by atoms with Crippen molar-refractivity contribution < 1.29 is 0 Å². The van der Waals surface area contributed by atoms with Crippen LogP contribution in [0.4, 0.5) is 0 Å². The van der Waals surface area contributed by atoms with Crippen LogP contribution >= 0.6 is 0 Å². The molecule has 0 saturated carbocycles. The van der Waals surface area contributed by atoms with Gasteiger partial charge in [0.25, 0.3) is 0 Å². The monoisotopic (exact) mass is 689 g/mol. The second kappa shape index (κ2) is 11.3. The largest absolute Gasteiger partial charge is 0.0615 e. The van der Waals surface area contributed by atoms with E-state index in [1.807, 2.05) is 36.4 Å². The Morgan fingerprint density at radius 3 is 1.69 bits per heavy atom. The molecule has 2 aromatic heterocycles. The SMILES string of the molecule is c1ccc(-c2nc(-c3ccccc3)nc(-c3cc(-c4ccc5ccc6ccc7c8ccccc8[se]c7c6c5c4)c4ccccc4c3)n2)cc1. The summed E-state index contributed by atoms with van der Waals surface area (Å²) in [6.07, 6.45) is 0. The molecule has 0 N–H and O–H groups in total. The fraction of sp³-hybridized carbons (Fsp3) is 0. The summed E-state index contributed by atoms with van der Waals surface area (Å²) >= 11 is 0.258. The molecule has 0 bridgehead atoms. The standard InChI is InChI=1S/C45H27N3Se/c1-3-11-30(12-4-1)43-46-44(31-13-5-2-6-14-31)48-45(47-43)34-25-32-15-7-8-16-35(32)38(27-34)33-22-20-28-19-21-29-23-24-37-36-17-9-10-18-40(36)49-42(37)41(29)39(28)26-33/h1-27H. The zero-order chi connectivity index (χ0) is 32.3. The second-order valence-corrected chi connectivity index (χ2v) is 14.6. The van der Waals surface area contributed by atoms with Crippen LogP contribution < -0.4 is 0 Å². The van der Waals surface area contributed by atoms with Crippen molar-refractivity contribution in [3.8, 4) is 45.3 Å². The van der Waals surface area contributed by atoms with Crippen LogP contribution in [0, 0.1) is 0 Å². The van der Waals surface area contributed by atoms with Gasteiger partial charge in [-0.1, -0.05) is 60.7 Å². The number of hydrogen-bond donors (Lipinski definition) is 0. The summed E-state index contributed by atoms with van der Waals surface area (Å²) < 4.78 is 2.95. The van der Waals surface area contributed by atoms with Gasteiger partial charge in [0.05, 0.1) is 0 Å². The zero-order valence-electron chi connectivity index (χ0n) is 26.3. The summed E-state index contributed by atoms with van der Waals surface area (Å²) in [5.74, 6) is 1.98. The fourth-order valence-electron chi connectivity index (χ4n) is 7.10. The molecule has 0 atom stereocenters. The zero-order valence-corrected chi connectivity index (χ0v) is 28.1. The van der Waals surface area contributed by atoms with Gasteiger partial charge in [-0.15, -0.1) is 0 Å². The van der Waals surface area contributed by atoms with Crippen LogP contribution in [0.25, 0.3) is 96.9 Å². The maximum atomic E-state index is 5.07. The molecular formula is C45H27N3Se. The number of benzene rings is 8. The molecule has 0 aliphatic heterocycles. The number of aromatic nitrogens is 3. The summed E-state index contributed by atoms with van der Waals surface area (Å²) in [6, 6.07) is 58.4. The van der Waals surface area contributed by atoms with E-state index in [1.54, 1.807) is 0 Å². The van der Waals surface area contributed by atoms with Gasteiger partial charge in [-0.25, -0.2) is 0 Å². The third-order valence-electron chi connectivity index (χ3n) is 9.47. The van der Waals surface area contributed by atoms with Gasteiger partial charge in [-0.2, -0.15) is 0 Å². The van der Waals surface area contributed by atoms with E-state index in [9.17, 15) is 0 Å². The van der Waals surface area contributed by atoms with E-state index < -0.39 is 0 Å². The molecule has 0 radical (unpaired) electrons. The number of nitrogens with zero attached hydrogens (tertiary/aromatic N) is 3. The van der Waals surface area contributed by atoms with Crippen molar-refractivity contribution in [1.82, 2.24) is 15.0 Å². The maximum Gasteiger partial charge on any atom is -0.0512 e. The maximum absolute atomic E-state index is 5.07. The quantitative estimate of drug-likeness (QED) is 0.136. The Morgan fingerprint density at radius 1 is 0.347 bits per heavy atom. The minimum absolute atomic E-state index is 0.258. The fourth-order valence-corrected chi connectivity index (χ4v) is 9.77. The van der Waals surface area contributed by atoms with Gasteiger partial charge in [0.15, 0.2) is 0 Å². The third kappa shape index (κ3) is 4.76. The topological polar surface area (TPSA) is 38.7 Å². The van der Waals surface area contributed by atoms with Crippen molar-refractivity contribution in [3.63, 3.8) is 0 Å². The van der Waals surface area contributed by atoms with Gasteiger partial charge < -0.3 is 0 Å². The van der Waals surface area contributed by atoms with Crippen molar-refractivity contribution >= 4 is 66.1 Å². The van der Waals surface area contributed by atoms with E-state index in [0.717, 1.165) is 27.6 Å². The third-order valence-corrected chi connectivity index (χ3v) is 12.0. The van der Waals surface area contributed by atoms with Crippen molar-refractivity contribution in [3.05, 3.63) is 164 Å². The molecule has 8 aromatic carbocycles. The predicted octanol–water partition coefficient (Wildman–Crippen LogP) is 11.4. The van der Waals surface area contributed by atoms with E-state index in [1.165, 1.54) is 51.8 Å². The van der Waals surface area contributed by atoms with E-state index >= 15 is 0 Å². The Kier molecular flexibility index (Phi) is 6.51. The number of rotatable bonds is 4. The average molecular weight is 689 g/mol. The molecule has 0 aliphatic rings. The van der Waals surface area contributed by atoms with E-state index in [2.05, 4.69) is 127 Å². The van der Waals surface area contributed by atoms with Crippen LogP contribution in [0.5, 0.6) is 0 Å². The van der Waals surface area contributed by atoms with Gasteiger partial charge >= 0.3 is 229 Å². The summed E-state index contributed by atoms with van der Waals surface area (Å²) in [4.78, 5) is 15.1. The molecule has 3 nitrogen and oxygen atoms in total. The molecule has 0 aliphatic carbocycles. The van der Waals surface area contributed by atoms with Crippen LogP contribution in [0.3, 0.4) is 0 Å². The first-order chi connectivity index (χ1) is 24.3. The smallest absolute Gasteiger partial charge is 0.0512 e. The first kappa shape index (κ1) is 28.1. The number of hydrogen-bond acceptors (Lipinski definition) is 3. The Balaban J connectivity index is 1.22. The van der Waals surface area contributed by atoms with Crippen LogP contribution in [0.2, 0.25) is 0 Å². The molecule has 2 heterocycles. The van der Waals surface area contributed by atoms with Gasteiger partial charge in [-0.3, -0.25) is 0 Å². The van der Waals surface area contributed by atoms with E-state index in [4.69, 9.17) is 15.0 Å². The second-order valence-electron chi connectivity index (χ2n) is 12.4. The molecule has 0 fully saturated rings. The summed E-state index contributed by atoms with van der Waals surface area (Å²) in [6.45, 7) is 0. The molecule has 49 heavy (non-hydrogen) atoms. The molecule has 0 amide bonds. The number of fused-ring (bicyclic) bond motifs is 8. The molecule has 0 unspecified atom stereocenters. The van der Waals surface area contributed by atoms with E-state index in [0.29, 0.717) is 17.5 Å². The van der Waals surface area contributed by atoms with Crippen LogP contribution in [0.1, 0.15) is 0 Å². The predicted molar refractivity (Wildman–Crippen MR) is 206 cm³/mol. The normalized spacial score (nSPS) is 11.7. The van der Waals surface area contributed by atoms with Crippen LogP contribution in [0.15, 0.2) is 164 Å². The van der Waals surface area contributed by atoms with Crippen molar-refractivity contribution in [2.45, 2.75) is 0 Å². The molecule has 228 valence electrons. The first-order valence-corrected chi connectivity index (χ1v) is 18.2. The summed E-state index contributed by atoms with van der Waals surface area (Å²) in [5.41, 5.74) is 5.22. The molecular weight excluding hydrogens is 661 g/mol. The van der Waals surface area contributed by atoms with Gasteiger partial charge in [-0.05, 0) is 0 Å². The molecule has 0 spiro atoms. The van der Waals surface area contributed by atoms with Crippen molar-refractivity contribution in [2.24, 2.45) is 0 Å². The van der Waals surface area contributed by atoms with Gasteiger partial charge in [0.1, 0.15) is 0 Å². The van der Waals surface area contributed by atoms with Crippen LogP contribution in [-0.2, 0) is 0 Å². The first-order valence-electron chi connectivity index (χ1n) is 16.4. The Hall–Kier alpha value is -5.93. The van der Waals surface area contributed by atoms with E-state index in [-0.39, 0.29) is 14.5 Å². The molecule has 4 heteroatoms. The van der Waals surface area contributed by atoms with Gasteiger partial charge in [0.2, 0.25) is 0 Å². The Bertz CT molecular complexity index is 2820. The summed E-state index contributed by atoms with van der Waals surface area (Å²) in [7, 11) is 0. The Morgan fingerprint density at radius 2 is 0.939 bits per heavy atom. The molecule has 10 aromatic rings. The van der Waals surface area contributed by atoms with Gasteiger partial charge in [0, 0.05) is 0 Å². The molecule has 0 saturated heterocycles. The summed E-state index contributed by atoms with van der Waals surface area (Å²) in [5, 5.41) is 10.3. The average Bonchev–Trinajstić information content (AvgIpc) is 3.56. The van der Waals surface area contributed by atoms with Crippen LogP contribution in [-0.4, -0.2) is 29.5 Å². The van der Waals surface area contributed by atoms with Crippen molar-refractivity contribution in [1.29, 1.82) is 0 Å².